The number of aromatic nitrogens is 2. The van der Waals surface area contributed by atoms with Crippen molar-refractivity contribution in [3.8, 4) is 0 Å². The van der Waals surface area contributed by atoms with E-state index in [0.717, 1.165) is 6.42 Å². The highest BCUT2D eigenvalue weighted by atomic mass is 16.4. The number of H-pyrrole nitrogens is 1. The summed E-state index contributed by atoms with van der Waals surface area (Å²) in [6.45, 7) is 1.90. The zero-order valence-corrected chi connectivity index (χ0v) is 10.5. The highest BCUT2D eigenvalue weighted by molar-refractivity contribution is 5.80. The smallest absolute Gasteiger partial charge is 0.326 e. The Morgan fingerprint density at radius 3 is 2.89 bits per heavy atom. The number of benzene rings is 1. The van der Waals surface area contributed by atoms with Gasteiger partial charge in [0, 0.05) is 0 Å². The van der Waals surface area contributed by atoms with Crippen LogP contribution in [0.3, 0.4) is 0 Å². The predicted octanol–water partition coefficient (Wildman–Crippen LogP) is 1.59. The van der Waals surface area contributed by atoms with Crippen LogP contribution in [-0.2, 0) is 4.79 Å². The van der Waals surface area contributed by atoms with Gasteiger partial charge in [0.05, 0.1) is 10.9 Å². The van der Waals surface area contributed by atoms with Gasteiger partial charge in [-0.25, -0.2) is 9.78 Å². The standard InChI is InChI=1S/C13H15N3O3/c1-2-5-10(12(18)19)15-13-14-9-7-4-3-6-8(9)11(17)16-13/h3-4,6-7,10H,2,5H2,1H3,(H,18,19)(H2,14,15,16,17). The number of hydrogen-bond donors (Lipinski definition) is 3. The van der Waals surface area contributed by atoms with E-state index in [9.17, 15) is 9.59 Å². The zero-order chi connectivity index (χ0) is 13.8. The highest BCUT2D eigenvalue weighted by Gasteiger charge is 2.17. The average molecular weight is 261 g/mol. The predicted molar refractivity (Wildman–Crippen MR) is 72.3 cm³/mol. The molecule has 0 spiro atoms. The van der Waals surface area contributed by atoms with Gasteiger partial charge in [-0.15, -0.1) is 0 Å². The second-order valence-corrected chi connectivity index (χ2v) is 4.26. The van der Waals surface area contributed by atoms with Gasteiger partial charge >= 0.3 is 5.97 Å². The Morgan fingerprint density at radius 1 is 1.47 bits per heavy atom. The molecule has 1 unspecified atom stereocenters. The summed E-state index contributed by atoms with van der Waals surface area (Å²) in [6, 6.07) is 6.16. The van der Waals surface area contributed by atoms with Crippen LogP contribution in [0.5, 0.6) is 0 Å². The van der Waals surface area contributed by atoms with Crippen molar-refractivity contribution >= 4 is 22.8 Å². The third kappa shape index (κ3) is 2.90. The van der Waals surface area contributed by atoms with Crippen LogP contribution in [0.2, 0.25) is 0 Å². The summed E-state index contributed by atoms with van der Waals surface area (Å²) in [5, 5.41) is 12.3. The lowest BCUT2D eigenvalue weighted by atomic mass is 10.2. The maximum Gasteiger partial charge on any atom is 0.326 e. The fourth-order valence-corrected chi connectivity index (χ4v) is 1.87. The Morgan fingerprint density at radius 2 is 2.21 bits per heavy atom. The summed E-state index contributed by atoms with van der Waals surface area (Å²) in [6.07, 6.45) is 1.19. The molecule has 0 aliphatic heterocycles. The molecule has 6 nitrogen and oxygen atoms in total. The number of carbonyl (C=O) groups is 1. The third-order valence-electron chi connectivity index (χ3n) is 2.80. The Bertz CT molecular complexity index is 651. The monoisotopic (exact) mass is 261 g/mol. The van der Waals surface area contributed by atoms with Crippen molar-refractivity contribution in [2.45, 2.75) is 25.8 Å². The molecule has 0 amide bonds. The Balaban J connectivity index is 2.35. The van der Waals surface area contributed by atoms with Crippen LogP contribution >= 0.6 is 0 Å². The minimum Gasteiger partial charge on any atom is -0.480 e. The first-order chi connectivity index (χ1) is 9.11. The Labute approximate surface area is 109 Å². The van der Waals surface area contributed by atoms with E-state index in [1.807, 2.05) is 6.92 Å². The van der Waals surface area contributed by atoms with Crippen molar-refractivity contribution < 1.29 is 9.90 Å². The molecule has 0 saturated heterocycles. The fraction of sp³-hybridized carbons (Fsp3) is 0.308. The number of carboxylic acids is 1. The van der Waals surface area contributed by atoms with Gasteiger partial charge in [0.1, 0.15) is 6.04 Å². The number of aromatic amines is 1. The van der Waals surface area contributed by atoms with E-state index in [4.69, 9.17) is 5.11 Å². The molecule has 1 heterocycles. The minimum atomic E-state index is -0.961. The van der Waals surface area contributed by atoms with Crippen molar-refractivity contribution in [1.82, 2.24) is 9.97 Å². The van der Waals surface area contributed by atoms with E-state index in [1.165, 1.54) is 0 Å². The molecule has 0 fully saturated rings. The molecule has 1 aromatic heterocycles. The summed E-state index contributed by atoms with van der Waals surface area (Å²) in [5.41, 5.74) is 0.253. The lowest BCUT2D eigenvalue weighted by Crippen LogP contribution is -2.30. The van der Waals surface area contributed by atoms with Gasteiger partial charge in [-0.2, -0.15) is 0 Å². The van der Waals surface area contributed by atoms with Crippen LogP contribution in [0.15, 0.2) is 29.1 Å². The van der Waals surface area contributed by atoms with Crippen molar-refractivity contribution in [3.63, 3.8) is 0 Å². The second kappa shape index (κ2) is 5.51. The SMILES string of the molecule is CCCC(Nc1nc2ccccc2c(=O)[nH]1)C(=O)O. The first-order valence-corrected chi connectivity index (χ1v) is 6.10. The molecule has 0 aliphatic rings. The lowest BCUT2D eigenvalue weighted by Gasteiger charge is -2.13. The molecule has 6 heteroatoms. The van der Waals surface area contributed by atoms with Crippen molar-refractivity contribution in [1.29, 1.82) is 0 Å². The largest absolute Gasteiger partial charge is 0.480 e. The quantitative estimate of drug-likeness (QED) is 0.759. The van der Waals surface area contributed by atoms with Crippen LogP contribution in [-0.4, -0.2) is 27.1 Å². The van der Waals surface area contributed by atoms with Crippen molar-refractivity contribution in [2.24, 2.45) is 0 Å². The van der Waals surface area contributed by atoms with Gasteiger partial charge in [0.2, 0.25) is 5.95 Å². The number of fused-ring (bicyclic) bond motifs is 1. The maximum absolute atomic E-state index is 11.8. The van der Waals surface area contributed by atoms with E-state index < -0.39 is 12.0 Å². The Hall–Kier alpha value is -2.37. The molecule has 0 radical (unpaired) electrons. The van der Waals surface area contributed by atoms with E-state index in [0.29, 0.717) is 17.3 Å². The first kappa shape index (κ1) is 13.1. The van der Waals surface area contributed by atoms with Crippen LogP contribution < -0.4 is 10.9 Å². The zero-order valence-electron chi connectivity index (χ0n) is 10.5. The van der Waals surface area contributed by atoms with E-state index in [2.05, 4.69) is 15.3 Å². The van der Waals surface area contributed by atoms with E-state index in [1.54, 1.807) is 24.3 Å². The molecular formula is C13H15N3O3. The molecule has 0 aliphatic carbocycles. The lowest BCUT2D eigenvalue weighted by molar-refractivity contribution is -0.138. The first-order valence-electron chi connectivity index (χ1n) is 6.10. The molecule has 1 atom stereocenters. The fourth-order valence-electron chi connectivity index (χ4n) is 1.87. The molecule has 1 aromatic carbocycles. The number of para-hydroxylation sites is 1. The normalized spacial score (nSPS) is 12.3. The average Bonchev–Trinajstić information content (AvgIpc) is 2.38. The summed E-state index contributed by atoms with van der Waals surface area (Å²) in [4.78, 5) is 29.6. The molecule has 19 heavy (non-hydrogen) atoms. The van der Waals surface area contributed by atoms with Gasteiger partial charge in [-0.1, -0.05) is 25.5 Å². The Kier molecular flexibility index (Phi) is 3.79. The van der Waals surface area contributed by atoms with Gasteiger partial charge in [-0.05, 0) is 18.6 Å². The van der Waals surface area contributed by atoms with Crippen LogP contribution in [0.25, 0.3) is 10.9 Å². The van der Waals surface area contributed by atoms with E-state index in [-0.39, 0.29) is 11.5 Å². The second-order valence-electron chi connectivity index (χ2n) is 4.26. The van der Waals surface area contributed by atoms with Gasteiger partial charge in [0.15, 0.2) is 0 Å². The minimum absolute atomic E-state index is 0.185. The van der Waals surface area contributed by atoms with Crippen molar-refractivity contribution in [2.75, 3.05) is 5.32 Å². The highest BCUT2D eigenvalue weighted by Crippen LogP contribution is 2.10. The number of anilines is 1. The maximum atomic E-state index is 11.8. The van der Waals surface area contributed by atoms with Gasteiger partial charge < -0.3 is 10.4 Å². The third-order valence-corrected chi connectivity index (χ3v) is 2.80. The van der Waals surface area contributed by atoms with Gasteiger partial charge in [-0.3, -0.25) is 9.78 Å². The molecular weight excluding hydrogens is 246 g/mol. The van der Waals surface area contributed by atoms with Crippen molar-refractivity contribution in [3.05, 3.63) is 34.6 Å². The topological polar surface area (TPSA) is 95.1 Å². The molecule has 0 saturated carbocycles. The number of aliphatic carboxylic acids is 1. The summed E-state index contributed by atoms with van der Waals surface area (Å²) in [5.74, 6) is -0.776. The molecule has 2 rings (SSSR count). The number of hydrogen-bond acceptors (Lipinski definition) is 4. The molecule has 2 aromatic rings. The van der Waals surface area contributed by atoms with Crippen LogP contribution in [0, 0.1) is 0 Å². The molecule has 3 N–H and O–H groups in total. The number of rotatable bonds is 5. The number of nitrogens with zero attached hydrogens (tertiary/aromatic N) is 1. The molecule has 0 bridgehead atoms. The summed E-state index contributed by atoms with van der Waals surface area (Å²) >= 11 is 0. The number of carboxylic acid groups (broad SMARTS) is 1. The summed E-state index contributed by atoms with van der Waals surface area (Å²) in [7, 11) is 0. The van der Waals surface area contributed by atoms with E-state index >= 15 is 0 Å². The van der Waals surface area contributed by atoms with Gasteiger partial charge in [0.25, 0.3) is 5.56 Å². The van der Waals surface area contributed by atoms with Crippen LogP contribution in [0.4, 0.5) is 5.95 Å². The summed E-state index contributed by atoms with van der Waals surface area (Å²) < 4.78 is 0. The molecule has 100 valence electrons. The van der Waals surface area contributed by atoms with Crippen LogP contribution in [0.1, 0.15) is 19.8 Å². The number of nitrogens with one attached hydrogen (secondary N) is 2.